The molecular formula is C17H19NO3. The van der Waals surface area contributed by atoms with E-state index in [-0.39, 0.29) is 5.91 Å². The van der Waals surface area contributed by atoms with E-state index in [0.717, 1.165) is 11.3 Å². The zero-order valence-electron chi connectivity index (χ0n) is 12.2. The van der Waals surface area contributed by atoms with Crippen LogP contribution in [0, 0.1) is 0 Å². The van der Waals surface area contributed by atoms with E-state index in [1.54, 1.807) is 14.0 Å². The summed E-state index contributed by atoms with van der Waals surface area (Å²) in [5.41, 5.74) is 1.74. The third kappa shape index (κ3) is 4.61. The van der Waals surface area contributed by atoms with Crippen LogP contribution in [0.4, 0.5) is 5.69 Å². The van der Waals surface area contributed by atoms with E-state index in [2.05, 4.69) is 5.32 Å². The van der Waals surface area contributed by atoms with Crippen molar-refractivity contribution in [3.8, 4) is 5.75 Å². The lowest BCUT2D eigenvalue weighted by atomic mass is 10.2. The first-order valence-corrected chi connectivity index (χ1v) is 6.79. The van der Waals surface area contributed by atoms with E-state index in [0.29, 0.717) is 12.4 Å². The molecule has 2 rings (SSSR count). The van der Waals surface area contributed by atoms with Gasteiger partial charge in [-0.05, 0) is 36.8 Å². The Morgan fingerprint density at radius 2 is 1.90 bits per heavy atom. The molecule has 0 aliphatic carbocycles. The lowest BCUT2D eigenvalue weighted by Gasteiger charge is -2.15. The minimum Gasteiger partial charge on any atom is -0.481 e. The normalized spacial score (nSPS) is 11.7. The number of benzene rings is 2. The number of hydrogen-bond donors (Lipinski definition) is 1. The highest BCUT2D eigenvalue weighted by Crippen LogP contribution is 2.14. The van der Waals surface area contributed by atoms with E-state index < -0.39 is 6.10 Å². The smallest absolute Gasteiger partial charge is 0.265 e. The Kier molecular flexibility index (Phi) is 5.35. The zero-order valence-corrected chi connectivity index (χ0v) is 12.2. The largest absolute Gasteiger partial charge is 0.481 e. The van der Waals surface area contributed by atoms with Crippen molar-refractivity contribution in [1.29, 1.82) is 0 Å². The first kappa shape index (κ1) is 15.1. The van der Waals surface area contributed by atoms with Gasteiger partial charge >= 0.3 is 0 Å². The minimum atomic E-state index is -0.571. The highest BCUT2D eigenvalue weighted by Gasteiger charge is 2.14. The second-order valence-electron chi connectivity index (χ2n) is 4.70. The van der Waals surface area contributed by atoms with Gasteiger partial charge < -0.3 is 14.8 Å². The number of hydrogen-bond acceptors (Lipinski definition) is 3. The van der Waals surface area contributed by atoms with Crippen molar-refractivity contribution in [2.24, 2.45) is 0 Å². The third-order valence-electron chi connectivity index (χ3n) is 2.93. The monoisotopic (exact) mass is 285 g/mol. The number of anilines is 1. The molecule has 4 heteroatoms. The Morgan fingerprint density at radius 1 is 1.14 bits per heavy atom. The van der Waals surface area contributed by atoms with Gasteiger partial charge in [-0.1, -0.05) is 30.3 Å². The molecule has 0 heterocycles. The van der Waals surface area contributed by atoms with Crippen LogP contribution in [0.2, 0.25) is 0 Å². The fourth-order valence-electron chi connectivity index (χ4n) is 1.91. The fraction of sp³-hybridized carbons (Fsp3) is 0.235. The number of rotatable bonds is 6. The van der Waals surface area contributed by atoms with Crippen LogP contribution >= 0.6 is 0 Å². The maximum atomic E-state index is 12.1. The number of amides is 1. The summed E-state index contributed by atoms with van der Waals surface area (Å²) in [5.74, 6) is 0.488. The number of ether oxygens (including phenoxy) is 2. The van der Waals surface area contributed by atoms with Gasteiger partial charge in [0.15, 0.2) is 6.10 Å². The van der Waals surface area contributed by atoms with Crippen molar-refractivity contribution >= 4 is 11.6 Å². The first-order chi connectivity index (χ1) is 10.2. The Morgan fingerprint density at radius 3 is 2.62 bits per heavy atom. The maximum absolute atomic E-state index is 12.1. The summed E-state index contributed by atoms with van der Waals surface area (Å²) >= 11 is 0. The van der Waals surface area contributed by atoms with Crippen LogP contribution in [0.1, 0.15) is 12.5 Å². The molecule has 0 saturated heterocycles. The number of nitrogens with one attached hydrogen (secondary N) is 1. The number of methoxy groups -OCH3 is 1. The molecule has 21 heavy (non-hydrogen) atoms. The molecule has 1 atom stereocenters. The van der Waals surface area contributed by atoms with Crippen molar-refractivity contribution in [2.45, 2.75) is 19.6 Å². The van der Waals surface area contributed by atoms with Gasteiger partial charge in [0, 0.05) is 12.8 Å². The van der Waals surface area contributed by atoms with Crippen molar-refractivity contribution in [3.63, 3.8) is 0 Å². The molecule has 1 N–H and O–H groups in total. The van der Waals surface area contributed by atoms with Crippen LogP contribution in [-0.4, -0.2) is 19.1 Å². The Balaban J connectivity index is 1.95. The lowest BCUT2D eigenvalue weighted by Crippen LogP contribution is -2.30. The van der Waals surface area contributed by atoms with Crippen LogP contribution in [0.5, 0.6) is 5.75 Å². The molecule has 2 aromatic carbocycles. The molecule has 0 aromatic heterocycles. The van der Waals surface area contributed by atoms with Gasteiger partial charge in [0.25, 0.3) is 5.91 Å². The van der Waals surface area contributed by atoms with Gasteiger partial charge in [0.1, 0.15) is 5.75 Å². The van der Waals surface area contributed by atoms with E-state index in [4.69, 9.17) is 9.47 Å². The summed E-state index contributed by atoms with van der Waals surface area (Å²) in [5, 5.41) is 2.84. The zero-order chi connectivity index (χ0) is 15.1. The molecule has 0 spiro atoms. The molecule has 0 aliphatic heterocycles. The summed E-state index contributed by atoms with van der Waals surface area (Å²) in [4.78, 5) is 12.1. The van der Waals surface area contributed by atoms with E-state index >= 15 is 0 Å². The average molecular weight is 285 g/mol. The standard InChI is InChI=1S/C17H19NO3/c1-13(21-16-9-4-3-5-10-16)17(19)18-15-8-6-7-14(11-15)12-20-2/h3-11,13H,12H2,1-2H3,(H,18,19)/t13-/m1/s1. The molecule has 0 unspecified atom stereocenters. The predicted molar refractivity (Wildman–Crippen MR) is 82.3 cm³/mol. The summed E-state index contributed by atoms with van der Waals surface area (Å²) in [7, 11) is 1.64. The molecule has 2 aromatic rings. The fourth-order valence-corrected chi connectivity index (χ4v) is 1.91. The highest BCUT2D eigenvalue weighted by atomic mass is 16.5. The number of carbonyl (C=O) groups excluding carboxylic acids is 1. The van der Waals surface area contributed by atoms with Gasteiger partial charge in [-0.2, -0.15) is 0 Å². The maximum Gasteiger partial charge on any atom is 0.265 e. The molecule has 110 valence electrons. The van der Waals surface area contributed by atoms with Crippen LogP contribution in [0.25, 0.3) is 0 Å². The van der Waals surface area contributed by atoms with Gasteiger partial charge in [-0.15, -0.1) is 0 Å². The molecule has 0 bridgehead atoms. The van der Waals surface area contributed by atoms with Crippen LogP contribution in [0.3, 0.4) is 0 Å². The average Bonchev–Trinajstić information content (AvgIpc) is 2.49. The molecular weight excluding hydrogens is 266 g/mol. The summed E-state index contributed by atoms with van der Waals surface area (Å²) < 4.78 is 10.7. The van der Waals surface area contributed by atoms with Gasteiger partial charge in [-0.25, -0.2) is 0 Å². The van der Waals surface area contributed by atoms with Crippen LogP contribution in [0.15, 0.2) is 54.6 Å². The van der Waals surface area contributed by atoms with Crippen molar-refractivity contribution < 1.29 is 14.3 Å². The second-order valence-corrected chi connectivity index (χ2v) is 4.70. The van der Waals surface area contributed by atoms with Crippen LogP contribution < -0.4 is 10.1 Å². The van der Waals surface area contributed by atoms with Crippen molar-refractivity contribution in [2.75, 3.05) is 12.4 Å². The minimum absolute atomic E-state index is 0.187. The third-order valence-corrected chi connectivity index (χ3v) is 2.93. The predicted octanol–water partition coefficient (Wildman–Crippen LogP) is 3.24. The Labute approximate surface area is 124 Å². The van der Waals surface area contributed by atoms with Gasteiger partial charge in [-0.3, -0.25) is 4.79 Å². The summed E-state index contributed by atoms with van der Waals surface area (Å²) in [6, 6.07) is 16.8. The van der Waals surface area contributed by atoms with Gasteiger partial charge in [0.05, 0.1) is 6.61 Å². The highest BCUT2D eigenvalue weighted by molar-refractivity contribution is 5.94. The Bertz CT molecular complexity index is 584. The van der Waals surface area contributed by atoms with E-state index in [1.165, 1.54) is 0 Å². The van der Waals surface area contributed by atoms with Crippen molar-refractivity contribution in [3.05, 3.63) is 60.2 Å². The Hall–Kier alpha value is -2.33. The van der Waals surface area contributed by atoms with Crippen molar-refractivity contribution in [1.82, 2.24) is 0 Å². The summed E-state index contributed by atoms with van der Waals surface area (Å²) in [6.45, 7) is 2.24. The summed E-state index contributed by atoms with van der Waals surface area (Å²) in [6.07, 6.45) is -0.571. The molecule has 0 saturated carbocycles. The molecule has 0 fully saturated rings. The topological polar surface area (TPSA) is 47.6 Å². The molecule has 0 radical (unpaired) electrons. The van der Waals surface area contributed by atoms with E-state index in [9.17, 15) is 4.79 Å². The SMILES string of the molecule is COCc1cccc(NC(=O)[C@@H](C)Oc2ccccc2)c1. The number of carbonyl (C=O) groups is 1. The van der Waals surface area contributed by atoms with Gasteiger partial charge in [0.2, 0.25) is 0 Å². The lowest BCUT2D eigenvalue weighted by molar-refractivity contribution is -0.122. The quantitative estimate of drug-likeness (QED) is 0.886. The van der Waals surface area contributed by atoms with Crippen LogP contribution in [-0.2, 0) is 16.1 Å². The molecule has 1 amide bonds. The van der Waals surface area contributed by atoms with E-state index in [1.807, 2.05) is 54.6 Å². The second kappa shape index (κ2) is 7.45. The number of para-hydroxylation sites is 1. The molecule has 0 aliphatic rings. The first-order valence-electron chi connectivity index (χ1n) is 6.79. The molecule has 4 nitrogen and oxygen atoms in total.